The first-order chi connectivity index (χ1) is 15.4. The van der Waals surface area contributed by atoms with Gasteiger partial charge in [0.05, 0.1) is 29.7 Å². The van der Waals surface area contributed by atoms with E-state index in [1.165, 1.54) is 12.1 Å². The molecular weight excluding hydrogens is 421 g/mol. The molecule has 0 bridgehead atoms. The van der Waals surface area contributed by atoms with Gasteiger partial charge < -0.3 is 20.0 Å². The number of imidazole rings is 1. The van der Waals surface area contributed by atoms with Gasteiger partial charge in [-0.1, -0.05) is 20.8 Å². The van der Waals surface area contributed by atoms with Crippen LogP contribution in [-0.4, -0.2) is 63.8 Å². The Kier molecular flexibility index (Phi) is 7.19. The third kappa shape index (κ3) is 5.75. The summed E-state index contributed by atoms with van der Waals surface area (Å²) in [5.74, 6) is 0.430. The number of halogens is 1. The first-order valence-electron chi connectivity index (χ1n) is 11.1. The van der Waals surface area contributed by atoms with Crippen LogP contribution in [0.4, 0.5) is 4.39 Å². The van der Waals surface area contributed by atoms with Gasteiger partial charge in [-0.3, -0.25) is 9.69 Å². The second-order valence-corrected chi connectivity index (χ2v) is 10.0. The van der Waals surface area contributed by atoms with Gasteiger partial charge in [-0.2, -0.15) is 0 Å². The Morgan fingerprint density at radius 2 is 1.94 bits per heavy atom. The monoisotopic (exact) mass is 455 g/mol. The van der Waals surface area contributed by atoms with Gasteiger partial charge in [-0.05, 0) is 55.2 Å². The molecule has 1 saturated heterocycles. The SMILES string of the molecule is CN1CCN(COCc2cnc(/C(=C\C(=N)c3ccc(F)cc3)C(C)(C)C)[nH]2)C(C)(C)C1=O. The largest absolute Gasteiger partial charge is 0.360 e. The van der Waals surface area contributed by atoms with Crippen molar-refractivity contribution in [3.05, 3.63) is 59.4 Å². The molecule has 2 heterocycles. The lowest BCUT2D eigenvalue weighted by atomic mass is 9.84. The first-order valence-corrected chi connectivity index (χ1v) is 11.1. The Balaban J connectivity index is 1.69. The number of allylic oxidation sites excluding steroid dienone is 2. The van der Waals surface area contributed by atoms with Crippen molar-refractivity contribution in [2.75, 3.05) is 26.9 Å². The molecule has 1 aromatic heterocycles. The number of aromatic amines is 1. The number of benzene rings is 1. The number of piperazine rings is 1. The second-order valence-electron chi connectivity index (χ2n) is 10.0. The molecule has 1 aliphatic heterocycles. The van der Waals surface area contributed by atoms with Gasteiger partial charge in [0.2, 0.25) is 5.91 Å². The number of carbonyl (C=O) groups excluding carboxylic acids is 1. The van der Waals surface area contributed by atoms with Crippen LogP contribution in [0.15, 0.2) is 36.5 Å². The average Bonchev–Trinajstić information content (AvgIpc) is 3.20. The Hall–Kier alpha value is -2.84. The van der Waals surface area contributed by atoms with Crippen molar-refractivity contribution in [3.8, 4) is 0 Å². The normalized spacial score (nSPS) is 17.5. The Bertz CT molecular complexity index is 1030. The van der Waals surface area contributed by atoms with Crippen LogP contribution >= 0.6 is 0 Å². The number of hydrogen-bond donors (Lipinski definition) is 2. The summed E-state index contributed by atoms with van der Waals surface area (Å²) in [6, 6.07) is 5.90. The second kappa shape index (κ2) is 9.57. The fourth-order valence-corrected chi connectivity index (χ4v) is 3.81. The molecule has 3 rings (SSSR count). The summed E-state index contributed by atoms with van der Waals surface area (Å²) in [6.45, 7) is 12.1. The van der Waals surface area contributed by atoms with Crippen LogP contribution in [0, 0.1) is 16.6 Å². The van der Waals surface area contributed by atoms with Gasteiger partial charge in [0.25, 0.3) is 0 Å². The number of rotatable bonds is 7. The minimum atomic E-state index is -0.602. The van der Waals surface area contributed by atoms with E-state index >= 15 is 0 Å². The molecule has 0 aliphatic carbocycles. The summed E-state index contributed by atoms with van der Waals surface area (Å²) in [7, 11) is 1.82. The van der Waals surface area contributed by atoms with Gasteiger partial charge in [0, 0.05) is 25.7 Å². The molecule has 0 unspecified atom stereocenters. The van der Waals surface area contributed by atoms with Crippen LogP contribution in [0.25, 0.3) is 5.57 Å². The molecule has 8 heteroatoms. The molecule has 0 spiro atoms. The van der Waals surface area contributed by atoms with Crippen LogP contribution in [0.2, 0.25) is 0 Å². The molecule has 0 radical (unpaired) electrons. The molecule has 1 amide bonds. The summed E-state index contributed by atoms with van der Waals surface area (Å²) in [5, 5.41) is 8.46. The molecule has 0 atom stereocenters. The van der Waals surface area contributed by atoms with Crippen molar-refractivity contribution >= 4 is 17.2 Å². The Morgan fingerprint density at radius 3 is 2.58 bits per heavy atom. The van der Waals surface area contributed by atoms with E-state index in [0.717, 1.165) is 17.8 Å². The lowest BCUT2D eigenvalue weighted by Crippen LogP contribution is -2.62. The number of ether oxygens (including phenoxy) is 1. The predicted molar refractivity (Wildman–Crippen MR) is 127 cm³/mol. The van der Waals surface area contributed by atoms with Crippen LogP contribution in [0.5, 0.6) is 0 Å². The number of nitrogens with one attached hydrogen (secondary N) is 2. The van der Waals surface area contributed by atoms with Crippen molar-refractivity contribution in [3.63, 3.8) is 0 Å². The lowest BCUT2D eigenvalue weighted by Gasteiger charge is -2.44. The highest BCUT2D eigenvalue weighted by Gasteiger charge is 2.40. The molecule has 2 N–H and O–H groups in total. The van der Waals surface area contributed by atoms with Gasteiger partial charge in [-0.25, -0.2) is 9.37 Å². The molecule has 33 heavy (non-hydrogen) atoms. The van der Waals surface area contributed by atoms with Crippen LogP contribution in [0.3, 0.4) is 0 Å². The zero-order valence-corrected chi connectivity index (χ0v) is 20.3. The highest BCUT2D eigenvalue weighted by Crippen LogP contribution is 2.33. The quantitative estimate of drug-likeness (QED) is 0.616. The maximum Gasteiger partial charge on any atom is 0.242 e. The van der Waals surface area contributed by atoms with Gasteiger partial charge in [0.15, 0.2) is 0 Å². The molecule has 1 fully saturated rings. The van der Waals surface area contributed by atoms with Gasteiger partial charge in [-0.15, -0.1) is 0 Å². The molecule has 2 aromatic rings. The van der Waals surface area contributed by atoms with E-state index in [-0.39, 0.29) is 22.9 Å². The number of aromatic nitrogens is 2. The fraction of sp³-hybridized carbons (Fsp3) is 0.480. The highest BCUT2D eigenvalue weighted by molar-refractivity contribution is 6.10. The van der Waals surface area contributed by atoms with Crippen molar-refractivity contribution in [2.45, 2.75) is 46.8 Å². The van der Waals surface area contributed by atoms with E-state index in [1.807, 2.05) is 25.8 Å². The van der Waals surface area contributed by atoms with Crippen molar-refractivity contribution < 1.29 is 13.9 Å². The number of nitrogens with zero attached hydrogens (tertiary/aromatic N) is 3. The van der Waals surface area contributed by atoms with Gasteiger partial charge in [0.1, 0.15) is 18.4 Å². The minimum Gasteiger partial charge on any atom is -0.360 e. The lowest BCUT2D eigenvalue weighted by molar-refractivity contribution is -0.153. The number of likely N-dealkylation sites (N-methyl/N-ethyl adjacent to an activating group) is 1. The van der Waals surface area contributed by atoms with Crippen molar-refractivity contribution in [1.29, 1.82) is 5.41 Å². The molecule has 1 aromatic carbocycles. The van der Waals surface area contributed by atoms with Crippen LogP contribution in [0.1, 0.15) is 51.7 Å². The fourth-order valence-electron chi connectivity index (χ4n) is 3.81. The van der Waals surface area contributed by atoms with Crippen LogP contribution < -0.4 is 0 Å². The predicted octanol–water partition coefficient (Wildman–Crippen LogP) is 4.07. The summed E-state index contributed by atoms with van der Waals surface area (Å²) in [6.07, 6.45) is 3.51. The van der Waals surface area contributed by atoms with Crippen molar-refractivity contribution in [1.82, 2.24) is 19.8 Å². The molecular formula is C25H34FN5O2. The van der Waals surface area contributed by atoms with E-state index in [9.17, 15) is 9.18 Å². The minimum absolute atomic E-state index is 0.0877. The van der Waals surface area contributed by atoms with E-state index in [0.29, 0.717) is 31.3 Å². The van der Waals surface area contributed by atoms with Crippen molar-refractivity contribution in [2.24, 2.45) is 5.41 Å². The van der Waals surface area contributed by atoms with Gasteiger partial charge >= 0.3 is 0 Å². The summed E-state index contributed by atoms with van der Waals surface area (Å²) in [5.41, 5.74) is 1.73. The molecule has 1 aliphatic rings. The zero-order valence-electron chi connectivity index (χ0n) is 20.3. The smallest absolute Gasteiger partial charge is 0.242 e. The summed E-state index contributed by atoms with van der Waals surface area (Å²) in [4.78, 5) is 24.1. The number of hydrogen-bond acceptors (Lipinski definition) is 5. The number of amides is 1. The maximum absolute atomic E-state index is 13.2. The zero-order chi connectivity index (χ0) is 24.4. The summed E-state index contributed by atoms with van der Waals surface area (Å²) < 4.78 is 19.1. The number of carbonyl (C=O) groups is 1. The maximum atomic E-state index is 13.2. The third-order valence-corrected chi connectivity index (χ3v) is 6.01. The average molecular weight is 456 g/mol. The van der Waals surface area contributed by atoms with E-state index in [2.05, 4.69) is 30.7 Å². The van der Waals surface area contributed by atoms with Crippen LogP contribution in [-0.2, 0) is 16.1 Å². The Morgan fingerprint density at radius 1 is 1.27 bits per heavy atom. The number of H-pyrrole nitrogens is 1. The first kappa shape index (κ1) is 24.8. The highest BCUT2D eigenvalue weighted by atomic mass is 19.1. The standard InChI is InChI=1S/C25H34FN5O2/c1-24(2,3)20(13-21(27)17-7-9-18(26)10-8-17)22-28-14-19(29-22)15-33-16-31-12-11-30(6)23(32)25(31,4)5/h7-10,13-14,27H,11-12,15-16H2,1-6H3,(H,28,29)/b20-13+,27-21?. The van der Waals surface area contributed by atoms with E-state index < -0.39 is 5.54 Å². The van der Waals surface area contributed by atoms with E-state index in [1.54, 1.807) is 29.3 Å². The van der Waals surface area contributed by atoms with E-state index in [4.69, 9.17) is 10.1 Å². The Labute approximate surface area is 195 Å². The molecule has 178 valence electrons. The summed E-state index contributed by atoms with van der Waals surface area (Å²) >= 11 is 0. The molecule has 0 saturated carbocycles. The molecule has 7 nitrogen and oxygen atoms in total. The topological polar surface area (TPSA) is 85.3 Å². The third-order valence-electron chi connectivity index (χ3n) is 6.01.